The molecule has 0 aromatic carbocycles. The molecule has 4 atom stereocenters. The highest BCUT2D eigenvalue weighted by atomic mass is 16.2. The first-order valence-electron chi connectivity index (χ1n) is 5.60. The van der Waals surface area contributed by atoms with E-state index in [1.165, 1.54) is 19.3 Å². The lowest BCUT2D eigenvalue weighted by atomic mass is 9.81. The van der Waals surface area contributed by atoms with Gasteiger partial charge in [-0.05, 0) is 49.4 Å². The Morgan fingerprint density at radius 2 is 2.23 bits per heavy atom. The van der Waals surface area contributed by atoms with E-state index in [1.54, 1.807) is 0 Å². The van der Waals surface area contributed by atoms with Crippen LogP contribution in [0.25, 0.3) is 0 Å². The Morgan fingerprint density at radius 3 is 2.77 bits per heavy atom. The Hall–Kier alpha value is -0.300. The van der Waals surface area contributed by atoms with Gasteiger partial charge in [-0.1, -0.05) is 19.1 Å². The van der Waals surface area contributed by atoms with Crippen molar-refractivity contribution in [3.05, 3.63) is 12.2 Å². The maximum absolute atomic E-state index is 8.78. The summed E-state index contributed by atoms with van der Waals surface area (Å²) in [7, 11) is 0. The van der Waals surface area contributed by atoms with E-state index in [1.807, 2.05) is 0 Å². The first kappa shape index (κ1) is 9.26. The van der Waals surface area contributed by atoms with Crippen molar-refractivity contribution in [2.24, 2.45) is 23.7 Å². The number of fused-ring (bicyclic) bond motifs is 2. The lowest BCUT2D eigenvalue weighted by Gasteiger charge is -2.25. The van der Waals surface area contributed by atoms with Gasteiger partial charge in [0.25, 0.3) is 0 Å². The molecule has 0 aromatic rings. The van der Waals surface area contributed by atoms with Crippen molar-refractivity contribution in [2.75, 3.05) is 6.61 Å². The third-order valence-corrected chi connectivity index (χ3v) is 3.88. The van der Waals surface area contributed by atoms with Crippen molar-refractivity contribution in [3.8, 4) is 0 Å². The molecule has 2 rings (SSSR count). The molecule has 74 valence electrons. The molecule has 1 N–H and O–H groups in total. The average Bonchev–Trinajstić information content (AvgIpc) is 2.74. The van der Waals surface area contributed by atoms with Crippen LogP contribution in [0, 0.1) is 23.7 Å². The Bertz CT molecular complexity index is 197. The molecule has 0 spiro atoms. The standard InChI is InChI=1S/C12H20O/c1-9(3-2-6-13)12-8-10-4-5-11(12)7-10/h4-5,9-13H,2-3,6-8H2,1H3. The highest BCUT2D eigenvalue weighted by Gasteiger charge is 2.37. The summed E-state index contributed by atoms with van der Waals surface area (Å²) in [6.45, 7) is 2.72. The predicted molar refractivity (Wildman–Crippen MR) is 54.3 cm³/mol. The summed E-state index contributed by atoms with van der Waals surface area (Å²) in [5, 5.41) is 8.78. The number of allylic oxidation sites excluding steroid dienone is 2. The molecule has 0 aliphatic heterocycles. The molecule has 13 heavy (non-hydrogen) atoms. The molecule has 1 heteroatoms. The monoisotopic (exact) mass is 180 g/mol. The van der Waals surface area contributed by atoms with Crippen molar-refractivity contribution < 1.29 is 5.11 Å². The van der Waals surface area contributed by atoms with Crippen molar-refractivity contribution >= 4 is 0 Å². The molecule has 0 saturated heterocycles. The summed E-state index contributed by atoms with van der Waals surface area (Å²) in [5.74, 6) is 3.50. The summed E-state index contributed by atoms with van der Waals surface area (Å²) in [6, 6.07) is 0. The van der Waals surface area contributed by atoms with E-state index in [9.17, 15) is 0 Å². The normalized spacial score (nSPS) is 38.5. The molecular weight excluding hydrogens is 160 g/mol. The molecule has 2 bridgehead atoms. The topological polar surface area (TPSA) is 20.2 Å². The van der Waals surface area contributed by atoms with Crippen molar-refractivity contribution in [1.82, 2.24) is 0 Å². The van der Waals surface area contributed by atoms with Crippen LogP contribution in [-0.4, -0.2) is 11.7 Å². The second-order valence-electron chi connectivity index (χ2n) is 4.79. The third-order valence-electron chi connectivity index (χ3n) is 3.88. The van der Waals surface area contributed by atoms with Gasteiger partial charge in [-0.25, -0.2) is 0 Å². The number of aliphatic hydroxyl groups excluding tert-OH is 1. The second kappa shape index (κ2) is 3.83. The minimum atomic E-state index is 0.362. The van der Waals surface area contributed by atoms with E-state index in [0.29, 0.717) is 6.61 Å². The Kier molecular flexibility index (Phi) is 2.73. The third kappa shape index (κ3) is 1.80. The quantitative estimate of drug-likeness (QED) is 0.659. The molecule has 1 fully saturated rings. The molecule has 2 aliphatic rings. The first-order valence-corrected chi connectivity index (χ1v) is 5.60. The van der Waals surface area contributed by atoms with E-state index in [4.69, 9.17) is 5.11 Å². The first-order chi connectivity index (χ1) is 6.31. The number of aliphatic hydroxyl groups is 1. The zero-order valence-corrected chi connectivity index (χ0v) is 8.45. The summed E-state index contributed by atoms with van der Waals surface area (Å²) in [4.78, 5) is 0. The molecule has 0 aromatic heterocycles. The van der Waals surface area contributed by atoms with Gasteiger partial charge in [-0.3, -0.25) is 0 Å². The predicted octanol–water partition coefficient (Wildman–Crippen LogP) is 2.61. The largest absolute Gasteiger partial charge is 0.396 e. The van der Waals surface area contributed by atoms with Crippen molar-refractivity contribution in [1.29, 1.82) is 0 Å². The minimum absolute atomic E-state index is 0.362. The van der Waals surface area contributed by atoms with Crippen molar-refractivity contribution in [2.45, 2.75) is 32.6 Å². The molecule has 4 unspecified atom stereocenters. The summed E-state index contributed by atoms with van der Waals surface area (Å²) < 4.78 is 0. The zero-order valence-electron chi connectivity index (χ0n) is 8.45. The minimum Gasteiger partial charge on any atom is -0.396 e. The smallest absolute Gasteiger partial charge is 0.0431 e. The van der Waals surface area contributed by atoms with Crippen LogP contribution in [0.3, 0.4) is 0 Å². The SMILES string of the molecule is CC(CCCO)C1CC2C=CC1C2. The van der Waals surface area contributed by atoms with Crippen LogP contribution in [0.15, 0.2) is 12.2 Å². The van der Waals surface area contributed by atoms with Gasteiger partial charge in [-0.15, -0.1) is 0 Å². The molecule has 0 heterocycles. The van der Waals surface area contributed by atoms with Gasteiger partial charge in [0.05, 0.1) is 0 Å². The van der Waals surface area contributed by atoms with E-state index >= 15 is 0 Å². The fourth-order valence-corrected chi connectivity index (χ4v) is 3.10. The summed E-state index contributed by atoms with van der Waals surface area (Å²) >= 11 is 0. The van der Waals surface area contributed by atoms with Crippen molar-refractivity contribution in [3.63, 3.8) is 0 Å². The maximum Gasteiger partial charge on any atom is 0.0431 e. The van der Waals surface area contributed by atoms with Gasteiger partial charge in [0.15, 0.2) is 0 Å². The van der Waals surface area contributed by atoms with Crippen LogP contribution in [-0.2, 0) is 0 Å². The van der Waals surface area contributed by atoms with E-state index in [0.717, 1.165) is 30.1 Å². The van der Waals surface area contributed by atoms with Gasteiger partial charge in [-0.2, -0.15) is 0 Å². The second-order valence-corrected chi connectivity index (χ2v) is 4.79. The molecular formula is C12H20O. The van der Waals surface area contributed by atoms with Crippen LogP contribution in [0.4, 0.5) is 0 Å². The van der Waals surface area contributed by atoms with Gasteiger partial charge in [0.2, 0.25) is 0 Å². The van der Waals surface area contributed by atoms with E-state index in [2.05, 4.69) is 19.1 Å². The highest BCUT2D eigenvalue weighted by Crippen LogP contribution is 2.47. The highest BCUT2D eigenvalue weighted by molar-refractivity contribution is 5.10. The molecule has 0 amide bonds. The van der Waals surface area contributed by atoms with E-state index in [-0.39, 0.29) is 0 Å². The Labute approximate surface area is 80.8 Å². The zero-order chi connectivity index (χ0) is 9.26. The van der Waals surface area contributed by atoms with Gasteiger partial charge < -0.3 is 5.11 Å². The molecule has 1 saturated carbocycles. The molecule has 0 radical (unpaired) electrons. The Balaban J connectivity index is 1.84. The van der Waals surface area contributed by atoms with Crippen LogP contribution in [0.1, 0.15) is 32.6 Å². The van der Waals surface area contributed by atoms with E-state index < -0.39 is 0 Å². The summed E-state index contributed by atoms with van der Waals surface area (Å²) in [5.41, 5.74) is 0. The van der Waals surface area contributed by atoms with Crippen LogP contribution in [0.5, 0.6) is 0 Å². The Morgan fingerprint density at radius 1 is 1.38 bits per heavy atom. The maximum atomic E-state index is 8.78. The van der Waals surface area contributed by atoms with Gasteiger partial charge in [0.1, 0.15) is 0 Å². The fraction of sp³-hybridized carbons (Fsp3) is 0.833. The summed E-state index contributed by atoms with van der Waals surface area (Å²) in [6.07, 6.45) is 9.84. The van der Waals surface area contributed by atoms with Gasteiger partial charge in [0, 0.05) is 6.61 Å². The van der Waals surface area contributed by atoms with Crippen LogP contribution >= 0.6 is 0 Å². The molecule has 2 aliphatic carbocycles. The fourth-order valence-electron chi connectivity index (χ4n) is 3.10. The lowest BCUT2D eigenvalue weighted by Crippen LogP contribution is -2.16. The number of hydrogen-bond donors (Lipinski definition) is 1. The lowest BCUT2D eigenvalue weighted by molar-refractivity contribution is 0.239. The van der Waals surface area contributed by atoms with Gasteiger partial charge >= 0.3 is 0 Å². The number of rotatable bonds is 4. The van der Waals surface area contributed by atoms with Crippen LogP contribution in [0.2, 0.25) is 0 Å². The van der Waals surface area contributed by atoms with Crippen LogP contribution < -0.4 is 0 Å². The average molecular weight is 180 g/mol. The molecule has 1 nitrogen and oxygen atoms in total. The number of hydrogen-bond acceptors (Lipinski definition) is 1.